The third-order valence-corrected chi connectivity index (χ3v) is 3.37. The van der Waals surface area contributed by atoms with Crippen LogP contribution >= 0.6 is 0 Å². The second kappa shape index (κ2) is 3.04. The molecule has 0 heterocycles. The molecule has 0 aromatic carbocycles. The van der Waals surface area contributed by atoms with E-state index in [0.717, 1.165) is 32.1 Å². The molecule has 0 aliphatic heterocycles. The maximum absolute atomic E-state index is 11.8. The molecule has 0 aromatic rings. The van der Waals surface area contributed by atoms with Crippen LogP contribution in [0, 0.1) is 5.41 Å². The molecule has 1 fully saturated rings. The maximum atomic E-state index is 11.8. The SMILES string of the molecule is O=C1CCC=CCC12CCCC2. The van der Waals surface area contributed by atoms with Crippen molar-refractivity contribution in [2.45, 2.75) is 44.9 Å². The molecule has 0 atom stereocenters. The Balaban J connectivity index is 2.19. The summed E-state index contributed by atoms with van der Waals surface area (Å²) in [6, 6.07) is 0. The van der Waals surface area contributed by atoms with Crippen molar-refractivity contribution in [1.82, 2.24) is 0 Å². The lowest BCUT2D eigenvalue weighted by Gasteiger charge is -2.24. The molecule has 1 saturated carbocycles. The monoisotopic (exact) mass is 164 g/mol. The van der Waals surface area contributed by atoms with Crippen molar-refractivity contribution in [3.05, 3.63) is 12.2 Å². The molecule has 0 amide bonds. The highest BCUT2D eigenvalue weighted by molar-refractivity contribution is 5.85. The second-order valence-corrected chi connectivity index (χ2v) is 4.12. The highest BCUT2D eigenvalue weighted by atomic mass is 16.1. The summed E-state index contributed by atoms with van der Waals surface area (Å²) >= 11 is 0. The first kappa shape index (κ1) is 8.03. The molecule has 1 heteroatoms. The van der Waals surface area contributed by atoms with Gasteiger partial charge in [-0.1, -0.05) is 25.0 Å². The van der Waals surface area contributed by atoms with Crippen LogP contribution in [-0.2, 0) is 4.79 Å². The normalized spacial score (nSPS) is 27.8. The van der Waals surface area contributed by atoms with E-state index in [1.54, 1.807) is 0 Å². The van der Waals surface area contributed by atoms with E-state index in [1.165, 1.54) is 12.8 Å². The van der Waals surface area contributed by atoms with Crippen molar-refractivity contribution in [1.29, 1.82) is 0 Å². The zero-order valence-electron chi connectivity index (χ0n) is 7.51. The minimum absolute atomic E-state index is 0.0903. The Bertz CT molecular complexity index is 209. The lowest BCUT2D eigenvalue weighted by atomic mass is 9.78. The van der Waals surface area contributed by atoms with Crippen LogP contribution in [-0.4, -0.2) is 5.78 Å². The Morgan fingerprint density at radius 3 is 2.67 bits per heavy atom. The Morgan fingerprint density at radius 2 is 1.92 bits per heavy atom. The van der Waals surface area contributed by atoms with Crippen LogP contribution in [0.15, 0.2) is 12.2 Å². The Kier molecular flexibility index (Phi) is 2.03. The van der Waals surface area contributed by atoms with Gasteiger partial charge < -0.3 is 0 Å². The molecule has 0 radical (unpaired) electrons. The molecule has 2 aliphatic carbocycles. The van der Waals surface area contributed by atoms with Crippen LogP contribution in [0.3, 0.4) is 0 Å². The van der Waals surface area contributed by atoms with Gasteiger partial charge in [-0.2, -0.15) is 0 Å². The second-order valence-electron chi connectivity index (χ2n) is 4.12. The summed E-state index contributed by atoms with van der Waals surface area (Å²) in [7, 11) is 0. The zero-order chi connectivity index (χ0) is 8.44. The van der Waals surface area contributed by atoms with Gasteiger partial charge in [0.25, 0.3) is 0 Å². The molecular weight excluding hydrogens is 148 g/mol. The van der Waals surface area contributed by atoms with E-state index >= 15 is 0 Å². The summed E-state index contributed by atoms with van der Waals surface area (Å²) < 4.78 is 0. The van der Waals surface area contributed by atoms with Crippen LogP contribution in [0.25, 0.3) is 0 Å². The first-order valence-corrected chi connectivity index (χ1v) is 5.02. The van der Waals surface area contributed by atoms with Gasteiger partial charge in [0.15, 0.2) is 0 Å². The third kappa shape index (κ3) is 1.21. The van der Waals surface area contributed by atoms with Crippen molar-refractivity contribution in [2.75, 3.05) is 0 Å². The lowest BCUT2D eigenvalue weighted by Crippen LogP contribution is -2.26. The zero-order valence-corrected chi connectivity index (χ0v) is 7.51. The average molecular weight is 164 g/mol. The molecule has 1 spiro atoms. The summed E-state index contributed by atoms with van der Waals surface area (Å²) in [6.07, 6.45) is 12.0. The van der Waals surface area contributed by atoms with Gasteiger partial charge in [-0.25, -0.2) is 0 Å². The van der Waals surface area contributed by atoms with E-state index in [2.05, 4.69) is 12.2 Å². The number of ketones is 1. The van der Waals surface area contributed by atoms with Gasteiger partial charge in [0.05, 0.1) is 0 Å². The smallest absolute Gasteiger partial charge is 0.139 e. The van der Waals surface area contributed by atoms with Crippen LogP contribution < -0.4 is 0 Å². The Labute approximate surface area is 73.8 Å². The quantitative estimate of drug-likeness (QED) is 0.503. The molecule has 0 aromatic heterocycles. The van der Waals surface area contributed by atoms with Crippen LogP contribution in [0.5, 0.6) is 0 Å². The van der Waals surface area contributed by atoms with Crippen LogP contribution in [0.4, 0.5) is 0 Å². The molecule has 0 N–H and O–H groups in total. The largest absolute Gasteiger partial charge is 0.299 e. The summed E-state index contributed by atoms with van der Waals surface area (Å²) in [5.41, 5.74) is 0.0903. The number of carbonyl (C=O) groups is 1. The van der Waals surface area contributed by atoms with Gasteiger partial charge in [-0.3, -0.25) is 4.79 Å². The van der Waals surface area contributed by atoms with Gasteiger partial charge in [-0.05, 0) is 25.7 Å². The minimum Gasteiger partial charge on any atom is -0.299 e. The van der Waals surface area contributed by atoms with Gasteiger partial charge in [0, 0.05) is 11.8 Å². The fraction of sp³-hybridized carbons (Fsp3) is 0.727. The Hall–Kier alpha value is -0.590. The molecule has 0 saturated heterocycles. The topological polar surface area (TPSA) is 17.1 Å². The molecule has 1 nitrogen and oxygen atoms in total. The highest BCUT2D eigenvalue weighted by Crippen LogP contribution is 2.44. The first-order chi connectivity index (χ1) is 5.83. The fourth-order valence-electron chi connectivity index (χ4n) is 2.55. The van der Waals surface area contributed by atoms with Crippen molar-refractivity contribution in [3.63, 3.8) is 0 Å². The molecule has 66 valence electrons. The fourth-order valence-corrected chi connectivity index (χ4v) is 2.55. The number of hydrogen-bond donors (Lipinski definition) is 0. The van der Waals surface area contributed by atoms with E-state index in [9.17, 15) is 4.79 Å². The van der Waals surface area contributed by atoms with E-state index < -0.39 is 0 Å². The van der Waals surface area contributed by atoms with Crippen LogP contribution in [0.1, 0.15) is 44.9 Å². The predicted molar refractivity (Wildman–Crippen MR) is 48.9 cm³/mol. The third-order valence-electron chi connectivity index (χ3n) is 3.37. The first-order valence-electron chi connectivity index (χ1n) is 5.02. The van der Waals surface area contributed by atoms with Crippen LogP contribution in [0.2, 0.25) is 0 Å². The molecule has 2 aliphatic rings. The lowest BCUT2D eigenvalue weighted by molar-refractivity contribution is -0.128. The van der Waals surface area contributed by atoms with E-state index in [4.69, 9.17) is 0 Å². The number of hydrogen-bond acceptors (Lipinski definition) is 1. The summed E-state index contributed by atoms with van der Waals surface area (Å²) in [6.45, 7) is 0. The average Bonchev–Trinajstić information content (AvgIpc) is 2.45. The van der Waals surface area contributed by atoms with Gasteiger partial charge in [0.1, 0.15) is 5.78 Å². The maximum Gasteiger partial charge on any atom is 0.139 e. The van der Waals surface area contributed by atoms with Gasteiger partial charge >= 0.3 is 0 Å². The Morgan fingerprint density at radius 1 is 1.17 bits per heavy atom. The van der Waals surface area contributed by atoms with Gasteiger partial charge in [0.2, 0.25) is 0 Å². The van der Waals surface area contributed by atoms with E-state index in [0.29, 0.717) is 5.78 Å². The molecule has 2 rings (SSSR count). The van der Waals surface area contributed by atoms with Gasteiger partial charge in [-0.15, -0.1) is 0 Å². The van der Waals surface area contributed by atoms with Crippen molar-refractivity contribution in [3.8, 4) is 0 Å². The highest BCUT2D eigenvalue weighted by Gasteiger charge is 2.39. The van der Waals surface area contributed by atoms with Crippen molar-refractivity contribution >= 4 is 5.78 Å². The number of Topliss-reactive ketones (excluding diaryl/α,β-unsaturated/α-hetero) is 1. The van der Waals surface area contributed by atoms with Crippen molar-refractivity contribution < 1.29 is 4.79 Å². The standard InChI is InChI=1S/C11H16O/c12-10-6-2-1-3-7-11(10)8-4-5-9-11/h1,3H,2,4-9H2. The molecule has 12 heavy (non-hydrogen) atoms. The molecule has 0 unspecified atom stereocenters. The predicted octanol–water partition coefficient (Wildman–Crippen LogP) is 2.86. The van der Waals surface area contributed by atoms with Crippen molar-refractivity contribution in [2.24, 2.45) is 5.41 Å². The minimum atomic E-state index is 0.0903. The summed E-state index contributed by atoms with van der Waals surface area (Å²) in [4.78, 5) is 11.8. The van der Waals surface area contributed by atoms with E-state index in [1.807, 2.05) is 0 Å². The van der Waals surface area contributed by atoms with E-state index in [-0.39, 0.29) is 5.41 Å². The number of carbonyl (C=O) groups excluding carboxylic acids is 1. The molecular formula is C11H16O. The number of rotatable bonds is 0. The number of allylic oxidation sites excluding steroid dienone is 2. The molecule has 0 bridgehead atoms. The summed E-state index contributed by atoms with van der Waals surface area (Å²) in [5, 5.41) is 0. The summed E-state index contributed by atoms with van der Waals surface area (Å²) in [5.74, 6) is 0.532.